The average molecular weight is 445 g/mol. The molecule has 182 valence electrons. The van der Waals surface area contributed by atoms with E-state index in [0.717, 1.165) is 38.5 Å². The minimum absolute atomic E-state index is 0.00759. The predicted octanol–water partition coefficient (Wildman–Crippen LogP) is 7.35. The van der Waals surface area contributed by atoms with Crippen molar-refractivity contribution in [3.8, 4) is 0 Å². The summed E-state index contributed by atoms with van der Waals surface area (Å²) in [5, 5.41) is 5.67. The molecule has 4 nitrogen and oxygen atoms in total. The smallest absolute Gasteiger partial charge is 0.220 e. The normalized spacial score (nSPS) is 21.2. The second-order valence-electron chi connectivity index (χ2n) is 10.4. The van der Waals surface area contributed by atoms with Crippen molar-refractivity contribution < 1.29 is 9.63 Å². The highest BCUT2D eigenvalue weighted by Gasteiger charge is 2.50. The highest BCUT2D eigenvalue weighted by molar-refractivity contribution is 5.76. The van der Waals surface area contributed by atoms with E-state index in [1.807, 2.05) is 6.07 Å². The molecule has 2 rings (SSSR count). The van der Waals surface area contributed by atoms with Gasteiger partial charge in [0.25, 0.3) is 0 Å². The summed E-state index contributed by atoms with van der Waals surface area (Å²) in [6.45, 7) is 13.4. The number of nitrogens with one attached hydrogen (secondary N) is 1. The van der Waals surface area contributed by atoms with E-state index >= 15 is 0 Å². The number of carbonyl (C=O) groups excluding carboxylic acids is 1. The van der Waals surface area contributed by atoms with E-state index in [4.69, 9.17) is 4.84 Å². The molecule has 0 bridgehead atoms. The van der Waals surface area contributed by atoms with Crippen LogP contribution < -0.4 is 5.32 Å². The molecule has 32 heavy (non-hydrogen) atoms. The number of piperidine rings is 1. The van der Waals surface area contributed by atoms with Crippen LogP contribution in [0.5, 0.6) is 0 Å². The van der Waals surface area contributed by atoms with Crippen LogP contribution in [0.1, 0.15) is 124 Å². The molecule has 0 spiro atoms. The third-order valence-electron chi connectivity index (χ3n) is 7.32. The van der Waals surface area contributed by atoms with Gasteiger partial charge in [0.15, 0.2) is 0 Å². The first-order valence-corrected chi connectivity index (χ1v) is 13.1. The Balaban J connectivity index is 2.01. The Morgan fingerprint density at radius 3 is 2.28 bits per heavy atom. The molecule has 0 aliphatic carbocycles. The maximum absolute atomic E-state index is 12.7. The molecule has 0 radical (unpaired) electrons. The van der Waals surface area contributed by atoms with Gasteiger partial charge in [-0.15, -0.1) is 0 Å². The van der Waals surface area contributed by atoms with Crippen molar-refractivity contribution >= 4 is 5.91 Å². The van der Waals surface area contributed by atoms with Crippen molar-refractivity contribution in [1.29, 1.82) is 0 Å². The second-order valence-corrected chi connectivity index (χ2v) is 10.4. The fraction of sp³-hybridized carbons (Fsp3) is 0.750. The summed E-state index contributed by atoms with van der Waals surface area (Å²) in [5.74, 6) is 0.217. The number of hydrogen-bond donors (Lipinski definition) is 1. The van der Waals surface area contributed by atoms with Gasteiger partial charge in [-0.2, -0.15) is 5.06 Å². The van der Waals surface area contributed by atoms with E-state index in [9.17, 15) is 4.79 Å². The molecule has 0 aromatic heterocycles. The van der Waals surface area contributed by atoms with Crippen molar-refractivity contribution in [2.24, 2.45) is 0 Å². The number of hydrogen-bond acceptors (Lipinski definition) is 3. The van der Waals surface area contributed by atoms with Crippen LogP contribution in [-0.2, 0) is 9.63 Å². The van der Waals surface area contributed by atoms with Gasteiger partial charge in [-0.3, -0.25) is 9.63 Å². The summed E-state index contributed by atoms with van der Waals surface area (Å²) < 4.78 is 0. The van der Waals surface area contributed by atoms with E-state index in [1.54, 1.807) is 0 Å². The molecule has 1 aromatic rings. The van der Waals surface area contributed by atoms with Crippen LogP contribution in [0.25, 0.3) is 0 Å². The number of benzene rings is 1. The van der Waals surface area contributed by atoms with Crippen LogP contribution in [0.15, 0.2) is 30.3 Å². The lowest BCUT2D eigenvalue weighted by atomic mass is 9.74. The zero-order valence-corrected chi connectivity index (χ0v) is 21.6. The van der Waals surface area contributed by atoms with Gasteiger partial charge in [-0.1, -0.05) is 83.2 Å². The SMILES string of the molecule is CCCCCCCCC(=O)N[C@@H]1CC(C)(C)N(O[C@@H](C)c2ccccc2)C(CC)(CC)C1. The molecule has 0 saturated carbocycles. The largest absolute Gasteiger partial charge is 0.353 e. The third kappa shape index (κ3) is 7.31. The van der Waals surface area contributed by atoms with Gasteiger partial charge >= 0.3 is 0 Å². The van der Waals surface area contributed by atoms with Gasteiger partial charge < -0.3 is 5.32 Å². The zero-order chi connectivity index (χ0) is 23.6. The van der Waals surface area contributed by atoms with E-state index in [0.29, 0.717) is 6.42 Å². The Labute approximate surface area is 197 Å². The molecule has 1 aliphatic heterocycles. The van der Waals surface area contributed by atoms with Crippen molar-refractivity contribution in [1.82, 2.24) is 10.4 Å². The number of hydroxylamine groups is 2. The summed E-state index contributed by atoms with van der Waals surface area (Å²) in [6.07, 6.45) is 11.8. The van der Waals surface area contributed by atoms with Gasteiger partial charge in [-0.05, 0) is 58.4 Å². The molecule has 0 unspecified atom stereocenters. The van der Waals surface area contributed by atoms with Crippen molar-refractivity contribution in [2.45, 2.75) is 135 Å². The molecule has 4 heteroatoms. The average Bonchev–Trinajstić information content (AvgIpc) is 2.78. The van der Waals surface area contributed by atoms with Crippen molar-refractivity contribution in [3.05, 3.63) is 35.9 Å². The monoisotopic (exact) mass is 444 g/mol. The lowest BCUT2D eigenvalue weighted by Crippen LogP contribution is -2.66. The van der Waals surface area contributed by atoms with Crippen LogP contribution in [0, 0.1) is 0 Å². The molecule has 1 heterocycles. The molecular formula is C28H48N2O2. The molecule has 1 fully saturated rings. The van der Waals surface area contributed by atoms with Gasteiger partial charge in [0.2, 0.25) is 5.91 Å². The fourth-order valence-electron chi connectivity index (χ4n) is 5.43. The Hall–Kier alpha value is -1.39. The summed E-state index contributed by atoms with van der Waals surface area (Å²) in [7, 11) is 0. The summed E-state index contributed by atoms with van der Waals surface area (Å²) in [4.78, 5) is 19.4. The Morgan fingerprint density at radius 1 is 1.03 bits per heavy atom. The highest BCUT2D eigenvalue weighted by atomic mass is 16.7. The maximum atomic E-state index is 12.7. The number of unbranched alkanes of at least 4 members (excludes halogenated alkanes) is 5. The van der Waals surface area contributed by atoms with E-state index in [2.05, 4.69) is 76.2 Å². The van der Waals surface area contributed by atoms with Crippen molar-refractivity contribution in [3.63, 3.8) is 0 Å². The topological polar surface area (TPSA) is 41.6 Å². The number of rotatable bonds is 13. The lowest BCUT2D eigenvalue weighted by molar-refractivity contribution is -0.316. The lowest BCUT2D eigenvalue weighted by Gasteiger charge is -2.57. The Morgan fingerprint density at radius 2 is 1.66 bits per heavy atom. The second kappa shape index (κ2) is 12.7. The number of carbonyl (C=O) groups is 1. The van der Waals surface area contributed by atoms with Gasteiger partial charge in [0.05, 0.1) is 0 Å². The first kappa shape index (κ1) is 26.9. The minimum Gasteiger partial charge on any atom is -0.353 e. The first-order chi connectivity index (χ1) is 15.3. The quantitative estimate of drug-likeness (QED) is 0.323. The summed E-state index contributed by atoms with van der Waals surface area (Å²) in [5.41, 5.74) is 0.952. The van der Waals surface area contributed by atoms with E-state index < -0.39 is 0 Å². The van der Waals surface area contributed by atoms with Crippen LogP contribution in [0.2, 0.25) is 0 Å². The summed E-state index contributed by atoms with van der Waals surface area (Å²) in [6, 6.07) is 10.6. The van der Waals surface area contributed by atoms with Crippen LogP contribution >= 0.6 is 0 Å². The molecule has 1 aliphatic rings. The van der Waals surface area contributed by atoms with Crippen molar-refractivity contribution in [2.75, 3.05) is 0 Å². The zero-order valence-electron chi connectivity index (χ0n) is 21.6. The van der Waals surface area contributed by atoms with Gasteiger partial charge in [0, 0.05) is 23.5 Å². The first-order valence-electron chi connectivity index (χ1n) is 13.1. The highest BCUT2D eigenvalue weighted by Crippen LogP contribution is 2.44. The molecule has 1 saturated heterocycles. The predicted molar refractivity (Wildman–Crippen MR) is 134 cm³/mol. The Bertz CT molecular complexity index is 669. The van der Waals surface area contributed by atoms with Gasteiger partial charge in [-0.25, -0.2) is 0 Å². The third-order valence-corrected chi connectivity index (χ3v) is 7.32. The fourth-order valence-corrected chi connectivity index (χ4v) is 5.43. The minimum atomic E-state index is -0.161. The maximum Gasteiger partial charge on any atom is 0.220 e. The number of amides is 1. The molecule has 2 atom stereocenters. The Kier molecular flexibility index (Phi) is 10.7. The molecular weight excluding hydrogens is 396 g/mol. The van der Waals surface area contributed by atoms with E-state index in [-0.39, 0.29) is 29.1 Å². The van der Waals surface area contributed by atoms with E-state index in [1.165, 1.54) is 31.2 Å². The molecule has 1 amide bonds. The molecule has 1 aromatic carbocycles. The van der Waals surface area contributed by atoms with Gasteiger partial charge in [0.1, 0.15) is 6.10 Å². The standard InChI is InChI=1S/C28H48N2O2/c1-7-10-11-12-13-17-20-26(31)29-25-21-27(5,6)30(28(8-2,9-3)22-25)32-23(4)24-18-15-14-16-19-24/h14-16,18-19,23,25H,7-13,17,20-22H2,1-6H3,(H,29,31)/t23-,25+/m0/s1. The van der Waals surface area contributed by atoms with Crippen LogP contribution in [0.4, 0.5) is 0 Å². The van der Waals surface area contributed by atoms with Crippen LogP contribution in [0.3, 0.4) is 0 Å². The van der Waals surface area contributed by atoms with Crippen LogP contribution in [-0.4, -0.2) is 28.1 Å². The molecule has 1 N–H and O–H groups in total. The number of nitrogens with zero attached hydrogens (tertiary/aromatic N) is 1. The summed E-state index contributed by atoms with van der Waals surface area (Å²) >= 11 is 0.